The number of aryl methyl sites for hydroxylation is 1. The van der Waals surface area contributed by atoms with E-state index in [4.69, 9.17) is 0 Å². The predicted octanol–water partition coefficient (Wildman–Crippen LogP) is 3.18. The van der Waals surface area contributed by atoms with Gasteiger partial charge in [0.1, 0.15) is 11.2 Å². The standard InChI is InChI=1S/C14H18BrN3O/c1-4-17-8-10(15)7-12(17)13(19)18(11-5-6-11)14(2,3)9-16/h7-8,11H,4-6H2,1-3H3. The summed E-state index contributed by atoms with van der Waals surface area (Å²) in [4.78, 5) is 14.5. The summed E-state index contributed by atoms with van der Waals surface area (Å²) >= 11 is 3.40. The molecule has 5 heteroatoms. The summed E-state index contributed by atoms with van der Waals surface area (Å²) in [5, 5.41) is 9.31. The average Bonchev–Trinajstić information content (AvgIpc) is 3.10. The van der Waals surface area contributed by atoms with E-state index in [1.807, 2.05) is 23.8 Å². The van der Waals surface area contributed by atoms with Gasteiger partial charge in [0.05, 0.1) is 6.07 Å². The van der Waals surface area contributed by atoms with E-state index in [2.05, 4.69) is 22.0 Å². The highest BCUT2D eigenvalue weighted by molar-refractivity contribution is 9.10. The van der Waals surface area contributed by atoms with E-state index in [-0.39, 0.29) is 11.9 Å². The van der Waals surface area contributed by atoms with Crippen LogP contribution in [-0.4, -0.2) is 27.0 Å². The maximum Gasteiger partial charge on any atom is 0.272 e. The molecule has 0 N–H and O–H groups in total. The zero-order valence-electron chi connectivity index (χ0n) is 11.5. The van der Waals surface area contributed by atoms with E-state index >= 15 is 0 Å². The number of hydrogen-bond donors (Lipinski definition) is 0. The molecule has 0 saturated heterocycles. The Morgan fingerprint density at radius 1 is 1.63 bits per heavy atom. The quantitative estimate of drug-likeness (QED) is 0.854. The molecule has 1 aliphatic rings. The lowest BCUT2D eigenvalue weighted by Gasteiger charge is -2.33. The van der Waals surface area contributed by atoms with Gasteiger partial charge in [0.25, 0.3) is 5.91 Å². The number of halogens is 1. The van der Waals surface area contributed by atoms with E-state index in [0.29, 0.717) is 5.69 Å². The number of amides is 1. The Bertz CT molecular complexity index is 537. The number of carbonyl (C=O) groups excluding carboxylic acids is 1. The van der Waals surface area contributed by atoms with Crippen molar-refractivity contribution in [3.8, 4) is 6.07 Å². The predicted molar refractivity (Wildman–Crippen MR) is 76.7 cm³/mol. The van der Waals surface area contributed by atoms with Gasteiger partial charge < -0.3 is 9.47 Å². The minimum Gasteiger partial charge on any atom is -0.343 e. The molecule has 0 bridgehead atoms. The number of carbonyl (C=O) groups is 1. The van der Waals surface area contributed by atoms with Gasteiger partial charge >= 0.3 is 0 Å². The second-order valence-corrected chi connectivity index (χ2v) is 6.32. The molecule has 1 heterocycles. The highest BCUT2D eigenvalue weighted by Gasteiger charge is 2.43. The molecule has 0 aliphatic heterocycles. The normalized spacial score (nSPS) is 15.1. The molecule has 0 radical (unpaired) electrons. The van der Waals surface area contributed by atoms with E-state index in [1.165, 1.54) is 0 Å². The van der Waals surface area contributed by atoms with Crippen molar-refractivity contribution in [2.45, 2.75) is 51.7 Å². The first-order valence-electron chi connectivity index (χ1n) is 6.51. The fourth-order valence-electron chi connectivity index (χ4n) is 2.30. The minimum atomic E-state index is -0.770. The molecule has 0 aromatic carbocycles. The van der Waals surface area contributed by atoms with E-state index < -0.39 is 5.54 Å². The Kier molecular flexibility index (Phi) is 3.73. The number of nitriles is 1. The second kappa shape index (κ2) is 5.01. The van der Waals surface area contributed by atoms with Crippen LogP contribution in [-0.2, 0) is 6.54 Å². The van der Waals surface area contributed by atoms with Gasteiger partial charge in [0.15, 0.2) is 0 Å². The zero-order chi connectivity index (χ0) is 14.2. The summed E-state index contributed by atoms with van der Waals surface area (Å²) in [5.41, 5.74) is -0.127. The van der Waals surface area contributed by atoms with Crippen molar-refractivity contribution >= 4 is 21.8 Å². The van der Waals surface area contributed by atoms with Crippen LogP contribution in [0.15, 0.2) is 16.7 Å². The van der Waals surface area contributed by atoms with Crippen molar-refractivity contribution in [1.82, 2.24) is 9.47 Å². The van der Waals surface area contributed by atoms with Crippen LogP contribution in [0, 0.1) is 11.3 Å². The lowest BCUT2D eigenvalue weighted by molar-refractivity contribution is 0.0604. The fraction of sp³-hybridized carbons (Fsp3) is 0.571. The third-order valence-corrected chi connectivity index (χ3v) is 3.86. The van der Waals surface area contributed by atoms with Crippen LogP contribution in [0.2, 0.25) is 0 Å². The van der Waals surface area contributed by atoms with Crippen molar-refractivity contribution in [3.63, 3.8) is 0 Å². The van der Waals surface area contributed by atoms with Crippen LogP contribution in [0.4, 0.5) is 0 Å². The Balaban J connectivity index is 2.38. The average molecular weight is 324 g/mol. The van der Waals surface area contributed by atoms with Gasteiger partial charge in [-0.15, -0.1) is 0 Å². The Morgan fingerprint density at radius 3 is 2.74 bits per heavy atom. The Labute approximate surface area is 122 Å². The molecule has 102 valence electrons. The zero-order valence-corrected chi connectivity index (χ0v) is 13.1. The molecule has 2 rings (SSSR count). The Hall–Kier alpha value is -1.28. The molecule has 4 nitrogen and oxygen atoms in total. The van der Waals surface area contributed by atoms with Crippen LogP contribution >= 0.6 is 15.9 Å². The summed E-state index contributed by atoms with van der Waals surface area (Å²) in [6, 6.07) is 4.28. The lowest BCUT2D eigenvalue weighted by atomic mass is 10.0. The van der Waals surface area contributed by atoms with Gasteiger partial charge in [-0.05, 0) is 55.6 Å². The maximum absolute atomic E-state index is 12.8. The molecule has 1 saturated carbocycles. The molecule has 0 atom stereocenters. The smallest absolute Gasteiger partial charge is 0.272 e. The number of nitrogens with zero attached hydrogens (tertiary/aromatic N) is 3. The van der Waals surface area contributed by atoms with Gasteiger partial charge in [0, 0.05) is 23.3 Å². The molecule has 1 aliphatic carbocycles. The van der Waals surface area contributed by atoms with Crippen LogP contribution in [0.1, 0.15) is 44.1 Å². The molecular weight excluding hydrogens is 306 g/mol. The summed E-state index contributed by atoms with van der Waals surface area (Å²) in [6.45, 7) is 6.34. The Morgan fingerprint density at radius 2 is 2.26 bits per heavy atom. The third kappa shape index (κ3) is 2.69. The largest absolute Gasteiger partial charge is 0.343 e. The van der Waals surface area contributed by atoms with Gasteiger partial charge in [-0.1, -0.05) is 0 Å². The van der Waals surface area contributed by atoms with E-state index in [1.54, 1.807) is 18.7 Å². The van der Waals surface area contributed by atoms with Crippen LogP contribution in [0.25, 0.3) is 0 Å². The third-order valence-electron chi connectivity index (χ3n) is 3.43. The van der Waals surface area contributed by atoms with Crippen LogP contribution in [0.5, 0.6) is 0 Å². The maximum atomic E-state index is 12.8. The van der Waals surface area contributed by atoms with E-state index in [9.17, 15) is 10.1 Å². The molecule has 1 fully saturated rings. The monoisotopic (exact) mass is 323 g/mol. The highest BCUT2D eigenvalue weighted by atomic mass is 79.9. The van der Waals surface area contributed by atoms with Crippen molar-refractivity contribution in [1.29, 1.82) is 5.26 Å². The second-order valence-electron chi connectivity index (χ2n) is 5.41. The number of aromatic nitrogens is 1. The topological polar surface area (TPSA) is 49.0 Å². The molecule has 1 aromatic rings. The van der Waals surface area contributed by atoms with Crippen molar-refractivity contribution in [2.75, 3.05) is 0 Å². The van der Waals surface area contributed by atoms with Gasteiger partial charge in [0.2, 0.25) is 0 Å². The number of hydrogen-bond acceptors (Lipinski definition) is 2. The SMILES string of the molecule is CCn1cc(Br)cc1C(=O)N(C1CC1)C(C)(C)C#N. The summed E-state index contributed by atoms with van der Waals surface area (Å²) in [7, 11) is 0. The number of rotatable bonds is 4. The van der Waals surface area contributed by atoms with Gasteiger partial charge in [-0.2, -0.15) is 5.26 Å². The first kappa shape index (κ1) is 14.1. The molecule has 1 amide bonds. The molecular formula is C14H18BrN3O. The lowest BCUT2D eigenvalue weighted by Crippen LogP contribution is -2.48. The molecule has 1 aromatic heterocycles. The molecule has 0 spiro atoms. The molecule has 19 heavy (non-hydrogen) atoms. The van der Waals surface area contributed by atoms with Gasteiger partial charge in [-0.3, -0.25) is 4.79 Å². The van der Waals surface area contributed by atoms with Crippen molar-refractivity contribution < 1.29 is 4.79 Å². The van der Waals surface area contributed by atoms with Crippen LogP contribution in [0.3, 0.4) is 0 Å². The summed E-state index contributed by atoms with van der Waals surface area (Å²) in [6.07, 6.45) is 3.88. The first-order chi connectivity index (χ1) is 8.90. The van der Waals surface area contributed by atoms with Crippen molar-refractivity contribution in [3.05, 3.63) is 22.4 Å². The first-order valence-corrected chi connectivity index (χ1v) is 7.30. The molecule has 0 unspecified atom stereocenters. The highest BCUT2D eigenvalue weighted by Crippen LogP contribution is 2.34. The summed E-state index contributed by atoms with van der Waals surface area (Å²) < 4.78 is 2.80. The fourth-order valence-corrected chi connectivity index (χ4v) is 2.77. The van der Waals surface area contributed by atoms with Crippen molar-refractivity contribution in [2.24, 2.45) is 0 Å². The summed E-state index contributed by atoms with van der Waals surface area (Å²) in [5.74, 6) is -0.0541. The minimum absolute atomic E-state index is 0.0541. The van der Waals surface area contributed by atoms with Gasteiger partial charge in [-0.25, -0.2) is 0 Å². The van der Waals surface area contributed by atoms with E-state index in [0.717, 1.165) is 23.9 Å². The van der Waals surface area contributed by atoms with Crippen LogP contribution < -0.4 is 0 Å².